The summed E-state index contributed by atoms with van der Waals surface area (Å²) in [4.78, 5) is 15.7. The van der Waals surface area contributed by atoms with Crippen LogP contribution in [0.25, 0.3) is 11.0 Å². The molecular weight excluding hydrogens is 307 g/mol. The molecule has 3 aromatic rings. The fraction of sp³-hybridized carbons (Fsp3) is 0.125. The number of nitrogens with zero attached hydrogens (tertiary/aromatic N) is 2. The third-order valence-electron chi connectivity index (χ3n) is 3.43. The van der Waals surface area contributed by atoms with Gasteiger partial charge in [-0.15, -0.1) is 0 Å². The van der Waals surface area contributed by atoms with Crippen molar-refractivity contribution in [3.63, 3.8) is 0 Å². The lowest BCUT2D eigenvalue weighted by Crippen LogP contribution is -2.12. The predicted octanol–water partition coefficient (Wildman–Crippen LogP) is 3.84. The van der Waals surface area contributed by atoms with E-state index in [0.717, 1.165) is 4.57 Å². The van der Waals surface area contributed by atoms with E-state index in [4.69, 9.17) is 0 Å². The average Bonchev–Trinajstić information content (AvgIpc) is 2.85. The quantitative estimate of drug-likeness (QED) is 0.780. The number of aryl methyl sites for hydroxylation is 1. The van der Waals surface area contributed by atoms with Gasteiger partial charge in [-0.1, -0.05) is 18.2 Å². The van der Waals surface area contributed by atoms with Crippen molar-refractivity contribution in [1.29, 1.82) is 0 Å². The van der Waals surface area contributed by atoms with E-state index in [0.29, 0.717) is 16.8 Å². The molecule has 0 aliphatic carbocycles. The number of nitrogens with one attached hydrogen (secondary N) is 1. The molecule has 0 radical (unpaired) electrons. The zero-order chi connectivity index (χ0) is 16.6. The first-order valence-electron chi connectivity index (χ1n) is 6.76. The molecule has 0 fully saturated rings. The highest BCUT2D eigenvalue weighted by atomic mass is 19.4. The van der Waals surface area contributed by atoms with Crippen molar-refractivity contribution >= 4 is 22.6 Å². The second-order valence-corrected chi connectivity index (χ2v) is 5.02. The number of carbonyl (C=O) groups is 1. The number of aromatic nitrogens is 2. The molecule has 3 rings (SSSR count). The molecule has 1 amide bonds. The molecule has 0 saturated carbocycles. The Kier molecular flexibility index (Phi) is 3.55. The molecular formula is C16H12F3N3O. The van der Waals surface area contributed by atoms with E-state index < -0.39 is 12.0 Å². The van der Waals surface area contributed by atoms with E-state index in [9.17, 15) is 18.0 Å². The van der Waals surface area contributed by atoms with E-state index in [1.165, 1.54) is 19.2 Å². The lowest BCUT2D eigenvalue weighted by atomic mass is 10.2. The van der Waals surface area contributed by atoms with Crippen molar-refractivity contribution in [1.82, 2.24) is 9.55 Å². The fourth-order valence-corrected chi connectivity index (χ4v) is 2.32. The lowest BCUT2D eigenvalue weighted by molar-refractivity contribution is -0.146. The molecule has 0 unspecified atom stereocenters. The second kappa shape index (κ2) is 5.42. The first-order chi connectivity index (χ1) is 10.9. The standard InChI is InChI=1S/C16H12F3N3O/c1-22-13-8-7-11(9-12(13)21-15(22)16(17,18)19)20-14(23)10-5-3-2-4-6-10/h2-9H,1H3,(H,20,23). The van der Waals surface area contributed by atoms with E-state index >= 15 is 0 Å². The zero-order valence-electron chi connectivity index (χ0n) is 12.1. The first-order valence-corrected chi connectivity index (χ1v) is 6.76. The lowest BCUT2D eigenvalue weighted by Gasteiger charge is -2.06. The van der Waals surface area contributed by atoms with Gasteiger partial charge in [-0.3, -0.25) is 4.79 Å². The number of halogens is 3. The number of alkyl halides is 3. The SMILES string of the molecule is Cn1c(C(F)(F)F)nc2cc(NC(=O)c3ccccc3)ccc21. The summed E-state index contributed by atoms with van der Waals surface area (Å²) in [7, 11) is 1.31. The Bertz CT molecular complexity index is 869. The first kappa shape index (κ1) is 15.1. The number of rotatable bonds is 2. The Balaban J connectivity index is 1.93. The van der Waals surface area contributed by atoms with Crippen molar-refractivity contribution in [3.05, 3.63) is 59.9 Å². The Morgan fingerprint density at radius 2 is 1.83 bits per heavy atom. The molecule has 1 aromatic heterocycles. The van der Waals surface area contributed by atoms with Crippen LogP contribution in [-0.2, 0) is 13.2 Å². The summed E-state index contributed by atoms with van der Waals surface area (Å²) in [6.07, 6.45) is -4.53. The second-order valence-electron chi connectivity index (χ2n) is 5.02. The third-order valence-corrected chi connectivity index (χ3v) is 3.43. The Morgan fingerprint density at radius 1 is 1.13 bits per heavy atom. The Labute approximate surface area is 129 Å². The van der Waals surface area contributed by atoms with Crippen molar-refractivity contribution in [2.75, 3.05) is 5.32 Å². The fourth-order valence-electron chi connectivity index (χ4n) is 2.32. The molecule has 4 nitrogen and oxygen atoms in total. The Morgan fingerprint density at radius 3 is 2.48 bits per heavy atom. The van der Waals surface area contributed by atoms with Gasteiger partial charge in [-0.05, 0) is 30.3 Å². The summed E-state index contributed by atoms with van der Waals surface area (Å²) in [6, 6.07) is 13.0. The average molecular weight is 319 g/mol. The molecule has 1 heterocycles. The Hall–Kier alpha value is -2.83. The van der Waals surface area contributed by atoms with E-state index in [2.05, 4.69) is 10.3 Å². The van der Waals surface area contributed by atoms with Gasteiger partial charge in [0.15, 0.2) is 0 Å². The molecule has 0 aliphatic heterocycles. The maximum Gasteiger partial charge on any atom is 0.449 e. The maximum absolute atomic E-state index is 12.9. The highest BCUT2D eigenvalue weighted by molar-refractivity contribution is 6.04. The number of hydrogen-bond donors (Lipinski definition) is 1. The molecule has 0 spiro atoms. The van der Waals surface area contributed by atoms with E-state index in [1.54, 1.807) is 36.4 Å². The van der Waals surface area contributed by atoms with Crippen LogP contribution in [0.3, 0.4) is 0 Å². The van der Waals surface area contributed by atoms with Crippen LogP contribution >= 0.6 is 0 Å². The number of benzene rings is 2. The molecule has 1 N–H and O–H groups in total. The summed E-state index contributed by atoms with van der Waals surface area (Å²) in [5, 5.41) is 2.65. The predicted molar refractivity (Wildman–Crippen MR) is 80.1 cm³/mol. The van der Waals surface area contributed by atoms with Gasteiger partial charge < -0.3 is 9.88 Å². The van der Waals surface area contributed by atoms with Gasteiger partial charge in [-0.2, -0.15) is 13.2 Å². The van der Waals surface area contributed by atoms with Crippen LogP contribution in [0.15, 0.2) is 48.5 Å². The van der Waals surface area contributed by atoms with Crippen LogP contribution in [0, 0.1) is 0 Å². The van der Waals surface area contributed by atoms with Gasteiger partial charge in [0, 0.05) is 18.3 Å². The van der Waals surface area contributed by atoms with Crippen molar-refractivity contribution in [2.24, 2.45) is 7.05 Å². The highest BCUT2D eigenvalue weighted by Gasteiger charge is 2.36. The number of imidazole rings is 1. The molecule has 0 aliphatic rings. The summed E-state index contributed by atoms with van der Waals surface area (Å²) < 4.78 is 39.6. The number of amides is 1. The van der Waals surface area contributed by atoms with E-state index in [-0.39, 0.29) is 11.4 Å². The van der Waals surface area contributed by atoms with Crippen LogP contribution in [0.4, 0.5) is 18.9 Å². The van der Waals surface area contributed by atoms with Gasteiger partial charge in [0.2, 0.25) is 5.82 Å². The molecule has 23 heavy (non-hydrogen) atoms. The van der Waals surface area contributed by atoms with Crippen molar-refractivity contribution < 1.29 is 18.0 Å². The van der Waals surface area contributed by atoms with Crippen molar-refractivity contribution in [3.8, 4) is 0 Å². The van der Waals surface area contributed by atoms with Crippen LogP contribution in [0.2, 0.25) is 0 Å². The van der Waals surface area contributed by atoms with Gasteiger partial charge in [0.1, 0.15) is 0 Å². The minimum absolute atomic E-state index is 0.172. The number of hydrogen-bond acceptors (Lipinski definition) is 2. The van der Waals surface area contributed by atoms with Crippen LogP contribution in [-0.4, -0.2) is 15.5 Å². The number of anilines is 1. The van der Waals surface area contributed by atoms with Crippen LogP contribution < -0.4 is 5.32 Å². The topological polar surface area (TPSA) is 46.9 Å². The normalized spacial score (nSPS) is 11.7. The minimum atomic E-state index is -4.53. The largest absolute Gasteiger partial charge is 0.449 e. The third kappa shape index (κ3) is 2.90. The van der Waals surface area contributed by atoms with Gasteiger partial charge in [-0.25, -0.2) is 4.98 Å². The van der Waals surface area contributed by atoms with Crippen LogP contribution in [0.5, 0.6) is 0 Å². The number of carbonyl (C=O) groups excluding carboxylic acids is 1. The minimum Gasteiger partial charge on any atom is -0.323 e. The van der Waals surface area contributed by atoms with Crippen molar-refractivity contribution in [2.45, 2.75) is 6.18 Å². The summed E-state index contributed by atoms with van der Waals surface area (Å²) in [6.45, 7) is 0. The van der Waals surface area contributed by atoms with Gasteiger partial charge >= 0.3 is 6.18 Å². The highest BCUT2D eigenvalue weighted by Crippen LogP contribution is 2.31. The monoisotopic (exact) mass is 319 g/mol. The van der Waals surface area contributed by atoms with Gasteiger partial charge in [0.25, 0.3) is 5.91 Å². The van der Waals surface area contributed by atoms with E-state index in [1.807, 2.05) is 0 Å². The molecule has 2 aromatic carbocycles. The number of fused-ring (bicyclic) bond motifs is 1. The van der Waals surface area contributed by atoms with Gasteiger partial charge in [0.05, 0.1) is 11.0 Å². The smallest absolute Gasteiger partial charge is 0.323 e. The molecule has 7 heteroatoms. The summed E-state index contributed by atoms with van der Waals surface area (Å²) in [5.41, 5.74) is 1.36. The molecule has 0 bridgehead atoms. The molecule has 0 atom stereocenters. The van der Waals surface area contributed by atoms with Crippen LogP contribution in [0.1, 0.15) is 16.2 Å². The summed E-state index contributed by atoms with van der Waals surface area (Å²) >= 11 is 0. The zero-order valence-corrected chi connectivity index (χ0v) is 12.1. The molecule has 118 valence electrons. The summed E-state index contributed by atoms with van der Waals surface area (Å²) in [5.74, 6) is -1.31. The maximum atomic E-state index is 12.9. The molecule has 0 saturated heterocycles.